The van der Waals surface area contributed by atoms with Crippen LogP contribution in [0.25, 0.3) is 10.9 Å². The zero-order valence-electron chi connectivity index (χ0n) is 17.0. The van der Waals surface area contributed by atoms with Gasteiger partial charge in [-0.2, -0.15) is 0 Å². The Morgan fingerprint density at radius 2 is 2.00 bits per heavy atom. The number of hydrogen-bond acceptors (Lipinski definition) is 5. The molecule has 2 aromatic heterocycles. The predicted octanol–water partition coefficient (Wildman–Crippen LogP) is 6.02. The van der Waals surface area contributed by atoms with Gasteiger partial charge >= 0.3 is 5.97 Å². The van der Waals surface area contributed by atoms with E-state index < -0.39 is 0 Å². The van der Waals surface area contributed by atoms with Crippen molar-refractivity contribution in [2.75, 3.05) is 6.61 Å². The number of aromatic amines is 1. The summed E-state index contributed by atoms with van der Waals surface area (Å²) in [5.74, 6) is -0.205. The monoisotopic (exact) mass is 414 g/mol. The molecule has 3 rings (SSSR count). The standard InChI is InChI=1S/C22H26N2O2S2/c1-6-26-20(25)12-18-21(28-22(3,4)5)16-11-15(8-9-17(16)24-18)27-19-10-7-14(2)13-23-19/h7-11,13,24H,6,12H2,1-5H3. The largest absolute Gasteiger partial charge is 0.466 e. The Hall–Kier alpha value is -1.92. The van der Waals surface area contributed by atoms with Crippen LogP contribution in [0.2, 0.25) is 0 Å². The van der Waals surface area contributed by atoms with Crippen molar-refractivity contribution >= 4 is 40.4 Å². The van der Waals surface area contributed by atoms with Crippen molar-refractivity contribution in [2.24, 2.45) is 0 Å². The van der Waals surface area contributed by atoms with E-state index >= 15 is 0 Å². The molecule has 0 fully saturated rings. The van der Waals surface area contributed by atoms with E-state index in [1.54, 1.807) is 23.5 Å². The molecule has 0 aliphatic rings. The number of carbonyl (C=O) groups excluding carboxylic acids is 1. The summed E-state index contributed by atoms with van der Waals surface area (Å²) in [5, 5.41) is 2.11. The molecule has 0 saturated heterocycles. The second kappa shape index (κ2) is 8.62. The SMILES string of the molecule is CCOC(=O)Cc1[nH]c2ccc(Sc3ccc(C)cn3)cc2c1SC(C)(C)C. The summed E-state index contributed by atoms with van der Waals surface area (Å²) in [6.07, 6.45) is 2.14. The van der Waals surface area contributed by atoms with Gasteiger partial charge < -0.3 is 9.72 Å². The lowest BCUT2D eigenvalue weighted by Crippen LogP contribution is -2.11. The minimum absolute atomic E-state index is 0.0280. The van der Waals surface area contributed by atoms with Crippen molar-refractivity contribution in [3.8, 4) is 0 Å². The number of thioether (sulfide) groups is 1. The molecule has 0 amide bonds. The fourth-order valence-corrected chi connectivity index (χ4v) is 4.74. The fourth-order valence-electron chi connectivity index (χ4n) is 2.80. The van der Waals surface area contributed by atoms with E-state index in [9.17, 15) is 4.79 Å². The molecule has 0 aliphatic heterocycles. The number of esters is 1. The minimum Gasteiger partial charge on any atom is -0.466 e. The highest BCUT2D eigenvalue weighted by Crippen LogP contribution is 2.41. The van der Waals surface area contributed by atoms with E-state index in [0.717, 1.165) is 37.0 Å². The van der Waals surface area contributed by atoms with Crippen LogP contribution < -0.4 is 0 Å². The normalized spacial score (nSPS) is 11.8. The zero-order chi connectivity index (χ0) is 20.3. The summed E-state index contributed by atoms with van der Waals surface area (Å²) >= 11 is 3.42. The maximum absolute atomic E-state index is 12.1. The van der Waals surface area contributed by atoms with Gasteiger partial charge in [0, 0.05) is 37.3 Å². The van der Waals surface area contributed by atoms with Gasteiger partial charge in [0.05, 0.1) is 13.0 Å². The Labute approximate surface area is 174 Å². The molecule has 6 heteroatoms. The van der Waals surface area contributed by atoms with Crippen molar-refractivity contribution in [2.45, 2.75) is 60.6 Å². The summed E-state index contributed by atoms with van der Waals surface area (Å²) in [7, 11) is 0. The molecule has 0 atom stereocenters. The summed E-state index contributed by atoms with van der Waals surface area (Å²) in [5.41, 5.74) is 3.11. The molecule has 148 valence electrons. The molecule has 0 bridgehead atoms. The van der Waals surface area contributed by atoms with E-state index in [1.807, 2.05) is 26.1 Å². The number of nitrogens with zero attached hydrogens (tertiary/aromatic N) is 1. The summed E-state index contributed by atoms with van der Waals surface area (Å²) in [6.45, 7) is 10.8. The highest BCUT2D eigenvalue weighted by molar-refractivity contribution is 8.01. The average molecular weight is 415 g/mol. The lowest BCUT2D eigenvalue weighted by Gasteiger charge is -2.18. The molecule has 3 aromatic rings. The predicted molar refractivity (Wildman–Crippen MR) is 117 cm³/mol. The van der Waals surface area contributed by atoms with Crippen LogP contribution in [0.4, 0.5) is 0 Å². The molecule has 0 radical (unpaired) electrons. The van der Waals surface area contributed by atoms with Crippen LogP contribution in [0.3, 0.4) is 0 Å². The summed E-state index contributed by atoms with van der Waals surface area (Å²) < 4.78 is 5.19. The number of aryl methyl sites for hydroxylation is 1. The van der Waals surface area contributed by atoms with E-state index in [2.05, 4.69) is 55.0 Å². The van der Waals surface area contributed by atoms with E-state index in [1.165, 1.54) is 0 Å². The summed E-state index contributed by atoms with van der Waals surface area (Å²) in [6, 6.07) is 10.5. The number of nitrogens with one attached hydrogen (secondary N) is 1. The molecule has 1 aromatic carbocycles. The summed E-state index contributed by atoms with van der Waals surface area (Å²) in [4.78, 5) is 22.2. The van der Waals surface area contributed by atoms with Gasteiger partial charge in [-0.3, -0.25) is 4.79 Å². The number of rotatable bonds is 6. The number of H-pyrrole nitrogens is 1. The van der Waals surface area contributed by atoms with Crippen molar-refractivity contribution in [3.63, 3.8) is 0 Å². The van der Waals surface area contributed by atoms with Crippen LogP contribution in [-0.4, -0.2) is 27.3 Å². The highest BCUT2D eigenvalue weighted by atomic mass is 32.2. The van der Waals surface area contributed by atoms with Crippen molar-refractivity contribution in [1.29, 1.82) is 0 Å². The van der Waals surface area contributed by atoms with Crippen LogP contribution in [-0.2, 0) is 16.0 Å². The number of aromatic nitrogens is 2. The first kappa shape index (κ1) is 20.8. The number of pyridine rings is 1. The molecule has 0 aliphatic carbocycles. The molecule has 0 unspecified atom stereocenters. The lowest BCUT2D eigenvalue weighted by molar-refractivity contribution is -0.142. The van der Waals surface area contributed by atoms with E-state index in [4.69, 9.17) is 4.74 Å². The third kappa shape index (κ3) is 5.32. The average Bonchev–Trinajstić information content (AvgIpc) is 2.92. The zero-order valence-corrected chi connectivity index (χ0v) is 18.6. The Balaban J connectivity index is 1.98. The third-order valence-corrected chi connectivity index (χ3v) is 6.16. The first-order chi connectivity index (χ1) is 13.2. The Kier molecular flexibility index (Phi) is 6.40. The number of ether oxygens (including phenoxy) is 1. The highest BCUT2D eigenvalue weighted by Gasteiger charge is 2.21. The van der Waals surface area contributed by atoms with Crippen LogP contribution in [0.5, 0.6) is 0 Å². The van der Waals surface area contributed by atoms with Gasteiger partial charge in [-0.25, -0.2) is 4.98 Å². The number of benzene rings is 1. The molecule has 2 heterocycles. The molecule has 0 saturated carbocycles. The van der Waals surface area contributed by atoms with Gasteiger partial charge in [0.15, 0.2) is 0 Å². The molecular formula is C22H26N2O2S2. The smallest absolute Gasteiger partial charge is 0.311 e. The third-order valence-electron chi connectivity index (χ3n) is 3.94. The Morgan fingerprint density at radius 1 is 1.21 bits per heavy atom. The maximum atomic E-state index is 12.1. The van der Waals surface area contributed by atoms with Crippen molar-refractivity contribution < 1.29 is 9.53 Å². The van der Waals surface area contributed by atoms with E-state index in [0.29, 0.717) is 6.61 Å². The van der Waals surface area contributed by atoms with Gasteiger partial charge in [-0.05, 0) is 43.7 Å². The molecule has 1 N–H and O–H groups in total. The van der Waals surface area contributed by atoms with Crippen LogP contribution in [0.1, 0.15) is 39.0 Å². The molecule has 0 spiro atoms. The van der Waals surface area contributed by atoms with Gasteiger partial charge in [-0.15, -0.1) is 11.8 Å². The quantitative estimate of drug-likeness (QED) is 0.395. The lowest BCUT2D eigenvalue weighted by atomic mass is 10.2. The second-order valence-electron chi connectivity index (χ2n) is 7.61. The van der Waals surface area contributed by atoms with E-state index in [-0.39, 0.29) is 17.1 Å². The van der Waals surface area contributed by atoms with Crippen LogP contribution in [0, 0.1) is 6.92 Å². The van der Waals surface area contributed by atoms with Crippen molar-refractivity contribution in [1.82, 2.24) is 9.97 Å². The number of fused-ring (bicyclic) bond motifs is 1. The fraction of sp³-hybridized carbons (Fsp3) is 0.364. The Bertz CT molecular complexity index is 973. The molecule has 4 nitrogen and oxygen atoms in total. The van der Waals surface area contributed by atoms with Gasteiger partial charge in [-0.1, -0.05) is 38.6 Å². The van der Waals surface area contributed by atoms with Crippen LogP contribution >= 0.6 is 23.5 Å². The number of carbonyl (C=O) groups is 1. The van der Waals surface area contributed by atoms with Crippen molar-refractivity contribution in [3.05, 3.63) is 47.8 Å². The molecule has 28 heavy (non-hydrogen) atoms. The maximum Gasteiger partial charge on any atom is 0.311 e. The minimum atomic E-state index is -0.205. The number of hydrogen-bond donors (Lipinski definition) is 1. The Morgan fingerprint density at radius 3 is 2.64 bits per heavy atom. The topological polar surface area (TPSA) is 55.0 Å². The van der Waals surface area contributed by atoms with Gasteiger partial charge in [0.25, 0.3) is 0 Å². The van der Waals surface area contributed by atoms with Crippen LogP contribution in [0.15, 0.2) is 51.3 Å². The first-order valence-corrected chi connectivity index (χ1v) is 11.0. The van der Waals surface area contributed by atoms with Gasteiger partial charge in [0.2, 0.25) is 0 Å². The second-order valence-corrected chi connectivity index (χ2v) is 10.5. The van der Waals surface area contributed by atoms with Gasteiger partial charge in [0.1, 0.15) is 5.03 Å². The molecular weight excluding hydrogens is 388 g/mol. The first-order valence-electron chi connectivity index (χ1n) is 9.35.